The molecule has 1 atom stereocenters. The molecule has 0 aliphatic carbocycles. The SMILES string of the molecule is CCC(CN(C)C)c1cccc(N)n1. The van der Waals surface area contributed by atoms with Gasteiger partial charge in [-0.15, -0.1) is 0 Å². The Labute approximate surface area is 85.9 Å². The summed E-state index contributed by atoms with van der Waals surface area (Å²) in [6.45, 7) is 3.20. The molecule has 2 N–H and O–H groups in total. The van der Waals surface area contributed by atoms with Crippen LogP contribution in [0.5, 0.6) is 0 Å². The number of nitrogen functional groups attached to an aromatic ring is 1. The number of likely N-dealkylation sites (N-methyl/N-ethyl adjacent to an activating group) is 1. The van der Waals surface area contributed by atoms with E-state index in [0.717, 1.165) is 18.7 Å². The third-order valence-electron chi connectivity index (χ3n) is 2.29. The second-order valence-corrected chi connectivity index (χ2v) is 3.85. The van der Waals surface area contributed by atoms with Gasteiger partial charge in [0.15, 0.2) is 0 Å². The first-order valence-electron chi connectivity index (χ1n) is 5.00. The lowest BCUT2D eigenvalue weighted by Crippen LogP contribution is -2.20. The Morgan fingerprint density at radius 2 is 2.14 bits per heavy atom. The molecule has 0 saturated heterocycles. The van der Waals surface area contributed by atoms with E-state index in [1.807, 2.05) is 18.2 Å². The average Bonchev–Trinajstić information content (AvgIpc) is 2.14. The summed E-state index contributed by atoms with van der Waals surface area (Å²) in [7, 11) is 4.16. The van der Waals surface area contributed by atoms with Crippen molar-refractivity contribution in [2.45, 2.75) is 19.3 Å². The van der Waals surface area contributed by atoms with Crippen molar-refractivity contribution in [1.29, 1.82) is 0 Å². The summed E-state index contributed by atoms with van der Waals surface area (Å²) in [5.74, 6) is 1.09. The van der Waals surface area contributed by atoms with Crippen LogP contribution in [0.15, 0.2) is 18.2 Å². The van der Waals surface area contributed by atoms with E-state index in [9.17, 15) is 0 Å². The largest absolute Gasteiger partial charge is 0.384 e. The molecule has 0 bridgehead atoms. The highest BCUT2D eigenvalue weighted by molar-refractivity contribution is 5.30. The number of aromatic nitrogens is 1. The van der Waals surface area contributed by atoms with Crippen LogP contribution in [0.4, 0.5) is 5.82 Å². The lowest BCUT2D eigenvalue weighted by molar-refractivity contribution is 0.365. The Kier molecular flexibility index (Phi) is 3.89. The summed E-state index contributed by atoms with van der Waals surface area (Å²) in [5.41, 5.74) is 6.76. The second-order valence-electron chi connectivity index (χ2n) is 3.85. The lowest BCUT2D eigenvalue weighted by Gasteiger charge is -2.19. The molecule has 1 rings (SSSR count). The molecule has 14 heavy (non-hydrogen) atoms. The van der Waals surface area contributed by atoms with Crippen LogP contribution in [-0.4, -0.2) is 30.5 Å². The smallest absolute Gasteiger partial charge is 0.123 e. The van der Waals surface area contributed by atoms with E-state index in [-0.39, 0.29) is 0 Å². The highest BCUT2D eigenvalue weighted by Crippen LogP contribution is 2.18. The molecule has 1 aromatic rings. The van der Waals surface area contributed by atoms with Crippen molar-refractivity contribution in [3.05, 3.63) is 23.9 Å². The van der Waals surface area contributed by atoms with Crippen LogP contribution in [-0.2, 0) is 0 Å². The number of hydrogen-bond acceptors (Lipinski definition) is 3. The van der Waals surface area contributed by atoms with Crippen molar-refractivity contribution in [3.8, 4) is 0 Å². The summed E-state index contributed by atoms with van der Waals surface area (Å²) in [6.07, 6.45) is 1.09. The van der Waals surface area contributed by atoms with Crippen LogP contribution in [0, 0.1) is 0 Å². The quantitative estimate of drug-likeness (QED) is 0.791. The summed E-state index contributed by atoms with van der Waals surface area (Å²) in [6, 6.07) is 5.84. The molecular formula is C11H19N3. The average molecular weight is 193 g/mol. The number of nitrogens with zero attached hydrogens (tertiary/aromatic N) is 2. The molecule has 1 unspecified atom stereocenters. The first-order chi connectivity index (χ1) is 6.63. The first-order valence-corrected chi connectivity index (χ1v) is 5.00. The standard InChI is InChI=1S/C11H19N3/c1-4-9(8-14(2)3)10-6-5-7-11(12)13-10/h5-7,9H,4,8H2,1-3H3,(H2,12,13). The Hall–Kier alpha value is -1.09. The van der Waals surface area contributed by atoms with Gasteiger partial charge in [0.25, 0.3) is 0 Å². The predicted molar refractivity (Wildman–Crippen MR) is 60.2 cm³/mol. The van der Waals surface area contributed by atoms with Crippen LogP contribution >= 0.6 is 0 Å². The molecule has 3 nitrogen and oxygen atoms in total. The second kappa shape index (κ2) is 4.96. The maximum Gasteiger partial charge on any atom is 0.123 e. The van der Waals surface area contributed by atoms with Crippen molar-refractivity contribution < 1.29 is 0 Å². The lowest BCUT2D eigenvalue weighted by atomic mass is 10.0. The first kappa shape index (κ1) is 11.0. The summed E-state index contributed by atoms with van der Waals surface area (Å²) in [4.78, 5) is 6.53. The van der Waals surface area contributed by atoms with Gasteiger partial charge in [0, 0.05) is 18.2 Å². The van der Waals surface area contributed by atoms with E-state index in [2.05, 4.69) is 30.9 Å². The van der Waals surface area contributed by atoms with E-state index in [0.29, 0.717) is 11.7 Å². The Morgan fingerprint density at radius 3 is 2.64 bits per heavy atom. The normalized spacial score (nSPS) is 13.1. The van der Waals surface area contributed by atoms with Gasteiger partial charge in [0.2, 0.25) is 0 Å². The highest BCUT2D eigenvalue weighted by Gasteiger charge is 2.11. The summed E-state index contributed by atoms with van der Waals surface area (Å²) >= 11 is 0. The Morgan fingerprint density at radius 1 is 1.43 bits per heavy atom. The van der Waals surface area contributed by atoms with Crippen molar-refractivity contribution in [1.82, 2.24) is 9.88 Å². The fraction of sp³-hybridized carbons (Fsp3) is 0.545. The maximum absolute atomic E-state index is 5.66. The van der Waals surface area contributed by atoms with Gasteiger partial charge in [-0.2, -0.15) is 0 Å². The molecule has 0 radical (unpaired) electrons. The van der Waals surface area contributed by atoms with Gasteiger partial charge in [-0.1, -0.05) is 13.0 Å². The zero-order chi connectivity index (χ0) is 10.6. The summed E-state index contributed by atoms with van der Waals surface area (Å²) in [5, 5.41) is 0. The third-order valence-corrected chi connectivity index (χ3v) is 2.29. The topological polar surface area (TPSA) is 42.1 Å². The molecule has 0 amide bonds. The van der Waals surface area contributed by atoms with E-state index < -0.39 is 0 Å². The number of rotatable bonds is 4. The van der Waals surface area contributed by atoms with E-state index in [4.69, 9.17) is 5.73 Å². The van der Waals surface area contributed by atoms with Crippen molar-refractivity contribution in [3.63, 3.8) is 0 Å². The zero-order valence-corrected chi connectivity index (χ0v) is 9.20. The van der Waals surface area contributed by atoms with Crippen LogP contribution in [0.2, 0.25) is 0 Å². The van der Waals surface area contributed by atoms with Crippen molar-refractivity contribution in [2.24, 2.45) is 0 Å². The highest BCUT2D eigenvalue weighted by atomic mass is 15.1. The molecule has 0 aliphatic rings. The van der Waals surface area contributed by atoms with Crippen molar-refractivity contribution in [2.75, 3.05) is 26.4 Å². The molecule has 1 aromatic heterocycles. The minimum atomic E-state index is 0.480. The minimum Gasteiger partial charge on any atom is -0.384 e. The van der Waals surface area contributed by atoms with Gasteiger partial charge >= 0.3 is 0 Å². The number of anilines is 1. The van der Waals surface area contributed by atoms with Crippen LogP contribution in [0.25, 0.3) is 0 Å². The van der Waals surface area contributed by atoms with Gasteiger partial charge < -0.3 is 10.6 Å². The van der Waals surface area contributed by atoms with Crippen LogP contribution in [0.3, 0.4) is 0 Å². The molecule has 0 aliphatic heterocycles. The van der Waals surface area contributed by atoms with E-state index in [1.165, 1.54) is 0 Å². The molecule has 78 valence electrons. The van der Waals surface area contributed by atoms with Gasteiger partial charge in [-0.3, -0.25) is 0 Å². The monoisotopic (exact) mass is 193 g/mol. The Bertz CT molecular complexity index is 284. The molecular weight excluding hydrogens is 174 g/mol. The van der Waals surface area contributed by atoms with E-state index in [1.54, 1.807) is 0 Å². The Balaban J connectivity index is 2.78. The van der Waals surface area contributed by atoms with E-state index >= 15 is 0 Å². The van der Waals surface area contributed by atoms with Crippen molar-refractivity contribution >= 4 is 5.82 Å². The van der Waals surface area contributed by atoms with Gasteiger partial charge in [-0.05, 0) is 32.6 Å². The third kappa shape index (κ3) is 3.00. The molecule has 0 fully saturated rings. The van der Waals surface area contributed by atoms with Gasteiger partial charge in [0.1, 0.15) is 5.82 Å². The number of hydrogen-bond donors (Lipinski definition) is 1. The summed E-state index contributed by atoms with van der Waals surface area (Å²) < 4.78 is 0. The molecule has 0 aromatic carbocycles. The molecule has 3 heteroatoms. The predicted octanol–water partition coefficient (Wildman–Crippen LogP) is 1.72. The minimum absolute atomic E-state index is 0.480. The molecule has 1 heterocycles. The van der Waals surface area contributed by atoms with Gasteiger partial charge in [-0.25, -0.2) is 4.98 Å². The van der Waals surface area contributed by atoms with Crippen LogP contribution < -0.4 is 5.73 Å². The van der Waals surface area contributed by atoms with Gasteiger partial charge in [0.05, 0.1) is 0 Å². The number of nitrogens with two attached hydrogens (primary N) is 1. The molecule has 0 spiro atoms. The van der Waals surface area contributed by atoms with Crippen LogP contribution in [0.1, 0.15) is 25.0 Å². The maximum atomic E-state index is 5.66. The number of pyridine rings is 1. The fourth-order valence-electron chi connectivity index (χ4n) is 1.57. The zero-order valence-electron chi connectivity index (χ0n) is 9.20. The fourth-order valence-corrected chi connectivity index (χ4v) is 1.57. The molecule has 0 saturated carbocycles.